The number of rotatable bonds is 5. The highest BCUT2D eigenvalue weighted by Crippen LogP contribution is 2.18. The van der Waals surface area contributed by atoms with Crippen LogP contribution < -0.4 is 5.32 Å². The molecule has 1 N–H and O–H groups in total. The van der Waals surface area contributed by atoms with Crippen LogP contribution in [0.1, 0.15) is 5.01 Å². The van der Waals surface area contributed by atoms with Gasteiger partial charge in [0, 0.05) is 26.4 Å². The number of thiazole rings is 1. The summed E-state index contributed by atoms with van der Waals surface area (Å²) in [5, 5.41) is 4.33. The zero-order valence-electron chi connectivity index (χ0n) is 8.56. The van der Waals surface area contributed by atoms with E-state index >= 15 is 0 Å². The summed E-state index contributed by atoms with van der Waals surface area (Å²) < 4.78 is 4.95. The first-order valence-electron chi connectivity index (χ1n) is 4.80. The number of hydrogen-bond acceptors (Lipinski definition) is 5. The molecule has 0 amide bonds. The first-order chi connectivity index (χ1) is 7.40. The molecule has 0 radical (unpaired) electrons. The van der Waals surface area contributed by atoms with Gasteiger partial charge in [0.15, 0.2) is 0 Å². The summed E-state index contributed by atoms with van der Waals surface area (Å²) in [5.74, 6) is 0. The topological polar surface area (TPSA) is 47.0 Å². The second kappa shape index (κ2) is 5.16. The number of aromatic nitrogens is 2. The molecule has 0 aromatic carbocycles. The van der Waals surface area contributed by atoms with Crippen molar-refractivity contribution in [2.45, 2.75) is 6.54 Å². The van der Waals surface area contributed by atoms with Crippen molar-refractivity contribution in [1.82, 2.24) is 15.3 Å². The fourth-order valence-electron chi connectivity index (χ4n) is 1.26. The molecule has 0 saturated heterocycles. The van der Waals surface area contributed by atoms with Crippen molar-refractivity contribution in [2.24, 2.45) is 0 Å². The molecule has 0 aliphatic carbocycles. The van der Waals surface area contributed by atoms with Crippen molar-refractivity contribution in [3.05, 3.63) is 23.3 Å². The minimum Gasteiger partial charge on any atom is -0.383 e. The summed E-state index contributed by atoms with van der Waals surface area (Å²) in [6.07, 6.45) is 1.79. The van der Waals surface area contributed by atoms with Crippen LogP contribution in [0.25, 0.3) is 10.3 Å². The van der Waals surface area contributed by atoms with Gasteiger partial charge in [-0.25, -0.2) is 9.97 Å². The first kappa shape index (κ1) is 10.5. The van der Waals surface area contributed by atoms with Crippen LogP contribution in [0.4, 0.5) is 0 Å². The van der Waals surface area contributed by atoms with Crippen LogP contribution in [0.2, 0.25) is 0 Å². The summed E-state index contributed by atoms with van der Waals surface area (Å²) in [6.45, 7) is 2.35. The Morgan fingerprint density at radius 2 is 2.47 bits per heavy atom. The molecule has 0 atom stereocenters. The number of hydrogen-bond donors (Lipinski definition) is 1. The molecule has 2 aromatic heterocycles. The van der Waals surface area contributed by atoms with Crippen molar-refractivity contribution in [3.8, 4) is 0 Å². The van der Waals surface area contributed by atoms with Crippen molar-refractivity contribution in [2.75, 3.05) is 20.3 Å². The van der Waals surface area contributed by atoms with Gasteiger partial charge < -0.3 is 10.1 Å². The molecular formula is C10H13N3OS. The fourth-order valence-corrected chi connectivity index (χ4v) is 2.13. The lowest BCUT2D eigenvalue weighted by Gasteiger charge is -1.99. The van der Waals surface area contributed by atoms with E-state index in [2.05, 4.69) is 15.3 Å². The zero-order chi connectivity index (χ0) is 10.5. The normalized spacial score (nSPS) is 11.0. The van der Waals surface area contributed by atoms with E-state index in [0.29, 0.717) is 0 Å². The van der Waals surface area contributed by atoms with Crippen LogP contribution >= 0.6 is 11.3 Å². The predicted octanol–water partition coefficient (Wildman–Crippen LogP) is 1.43. The maximum atomic E-state index is 4.95. The Morgan fingerprint density at radius 1 is 1.53 bits per heavy atom. The van der Waals surface area contributed by atoms with Gasteiger partial charge in [-0.15, -0.1) is 0 Å². The van der Waals surface area contributed by atoms with E-state index in [1.165, 1.54) is 0 Å². The zero-order valence-corrected chi connectivity index (χ0v) is 9.38. The third kappa shape index (κ3) is 2.71. The summed E-state index contributed by atoms with van der Waals surface area (Å²) in [6, 6.07) is 3.89. The molecule has 2 rings (SSSR count). The number of ether oxygens (including phenoxy) is 1. The standard InChI is InChI=1S/C10H13N3OS/c1-14-6-5-11-7-9-13-8-3-2-4-12-10(8)15-9/h2-4,11H,5-7H2,1H3. The van der Waals surface area contributed by atoms with Crippen LogP contribution in [-0.4, -0.2) is 30.2 Å². The molecule has 4 nitrogen and oxygen atoms in total. The molecule has 0 spiro atoms. The predicted molar refractivity (Wildman–Crippen MR) is 61.0 cm³/mol. The van der Waals surface area contributed by atoms with Gasteiger partial charge in [-0.05, 0) is 12.1 Å². The summed E-state index contributed by atoms with van der Waals surface area (Å²) in [7, 11) is 1.70. The maximum absolute atomic E-state index is 4.95. The van der Waals surface area contributed by atoms with Crippen molar-refractivity contribution < 1.29 is 4.74 Å². The van der Waals surface area contributed by atoms with Gasteiger partial charge in [0.2, 0.25) is 0 Å². The smallest absolute Gasteiger partial charge is 0.143 e. The number of methoxy groups -OCH3 is 1. The molecule has 0 aliphatic rings. The third-order valence-electron chi connectivity index (χ3n) is 1.97. The van der Waals surface area contributed by atoms with Crippen LogP contribution in [-0.2, 0) is 11.3 Å². The minimum atomic E-state index is 0.725. The SMILES string of the molecule is COCCNCc1nc2cccnc2s1. The Bertz CT molecular complexity index is 396. The highest BCUT2D eigenvalue weighted by molar-refractivity contribution is 7.18. The van der Waals surface area contributed by atoms with Gasteiger partial charge in [0.1, 0.15) is 15.4 Å². The largest absolute Gasteiger partial charge is 0.383 e. The molecule has 80 valence electrons. The molecule has 15 heavy (non-hydrogen) atoms. The lowest BCUT2D eigenvalue weighted by atomic mass is 10.4. The van der Waals surface area contributed by atoms with Gasteiger partial charge in [0.25, 0.3) is 0 Å². The third-order valence-corrected chi connectivity index (χ3v) is 2.95. The van der Waals surface area contributed by atoms with E-state index in [-0.39, 0.29) is 0 Å². The van der Waals surface area contributed by atoms with Crippen LogP contribution in [0.3, 0.4) is 0 Å². The summed E-state index contributed by atoms with van der Waals surface area (Å²) >= 11 is 1.63. The Labute approximate surface area is 92.3 Å². The van der Waals surface area contributed by atoms with Crippen LogP contribution in [0.15, 0.2) is 18.3 Å². The highest BCUT2D eigenvalue weighted by atomic mass is 32.1. The molecule has 0 unspecified atom stereocenters. The Hall–Kier alpha value is -1.04. The van der Waals surface area contributed by atoms with Crippen molar-refractivity contribution in [3.63, 3.8) is 0 Å². The van der Waals surface area contributed by atoms with Crippen LogP contribution in [0.5, 0.6) is 0 Å². The van der Waals surface area contributed by atoms with E-state index in [1.54, 1.807) is 24.6 Å². The number of pyridine rings is 1. The minimum absolute atomic E-state index is 0.725. The van der Waals surface area contributed by atoms with E-state index in [9.17, 15) is 0 Å². The van der Waals surface area contributed by atoms with Crippen molar-refractivity contribution in [1.29, 1.82) is 0 Å². The molecular weight excluding hydrogens is 210 g/mol. The first-order valence-corrected chi connectivity index (χ1v) is 5.62. The van der Waals surface area contributed by atoms with Gasteiger partial charge in [-0.2, -0.15) is 0 Å². The van der Waals surface area contributed by atoms with E-state index in [1.807, 2.05) is 12.1 Å². The Kier molecular flexibility index (Phi) is 3.60. The Morgan fingerprint density at radius 3 is 3.27 bits per heavy atom. The lowest BCUT2D eigenvalue weighted by molar-refractivity contribution is 0.199. The van der Waals surface area contributed by atoms with Gasteiger partial charge in [-0.1, -0.05) is 11.3 Å². The quantitative estimate of drug-likeness (QED) is 0.779. The molecule has 2 aromatic rings. The van der Waals surface area contributed by atoms with E-state index in [0.717, 1.165) is 35.1 Å². The average molecular weight is 223 g/mol. The molecule has 2 heterocycles. The molecule has 0 saturated carbocycles. The maximum Gasteiger partial charge on any atom is 0.143 e. The second-order valence-electron chi connectivity index (χ2n) is 3.10. The molecule has 0 bridgehead atoms. The molecule has 0 aliphatic heterocycles. The van der Waals surface area contributed by atoms with E-state index < -0.39 is 0 Å². The summed E-state index contributed by atoms with van der Waals surface area (Å²) in [5.41, 5.74) is 0.978. The number of fused-ring (bicyclic) bond motifs is 1. The molecule has 0 fully saturated rings. The van der Waals surface area contributed by atoms with Crippen LogP contribution in [0, 0.1) is 0 Å². The second-order valence-corrected chi connectivity index (χ2v) is 4.17. The van der Waals surface area contributed by atoms with E-state index in [4.69, 9.17) is 4.74 Å². The Balaban J connectivity index is 1.97. The van der Waals surface area contributed by atoms with Crippen molar-refractivity contribution >= 4 is 21.7 Å². The van der Waals surface area contributed by atoms with Gasteiger partial charge >= 0.3 is 0 Å². The average Bonchev–Trinajstić information content (AvgIpc) is 2.67. The highest BCUT2D eigenvalue weighted by Gasteiger charge is 2.02. The monoisotopic (exact) mass is 223 g/mol. The van der Waals surface area contributed by atoms with Gasteiger partial charge in [-0.3, -0.25) is 0 Å². The van der Waals surface area contributed by atoms with Gasteiger partial charge in [0.05, 0.1) is 6.61 Å². The lowest BCUT2D eigenvalue weighted by Crippen LogP contribution is -2.18. The number of nitrogens with one attached hydrogen (secondary N) is 1. The molecule has 5 heteroatoms. The number of nitrogens with zero attached hydrogens (tertiary/aromatic N) is 2. The summed E-state index contributed by atoms with van der Waals surface area (Å²) in [4.78, 5) is 9.71. The fraction of sp³-hybridized carbons (Fsp3) is 0.400.